The molecule has 1 heterocycles. The Morgan fingerprint density at radius 3 is 2.81 bits per heavy atom. The van der Waals surface area contributed by atoms with Crippen LogP contribution in [0.25, 0.3) is 0 Å². The van der Waals surface area contributed by atoms with E-state index in [2.05, 4.69) is 20.9 Å². The van der Waals surface area contributed by atoms with E-state index in [9.17, 15) is 4.79 Å². The molecule has 0 aromatic carbocycles. The summed E-state index contributed by atoms with van der Waals surface area (Å²) in [5.41, 5.74) is 0.539. The van der Waals surface area contributed by atoms with Crippen molar-refractivity contribution < 1.29 is 4.79 Å². The van der Waals surface area contributed by atoms with Gasteiger partial charge in [-0.25, -0.2) is 0 Å². The molecule has 3 N–H and O–H groups in total. The van der Waals surface area contributed by atoms with Crippen molar-refractivity contribution >= 4 is 11.7 Å². The maximum Gasteiger partial charge on any atom is 0.268 e. The molecular weight excluding hydrogens is 204 g/mol. The topological polar surface area (TPSA) is 65.5 Å². The molecule has 1 aliphatic rings. The van der Waals surface area contributed by atoms with E-state index < -0.39 is 0 Å². The Balaban J connectivity index is 2.49. The van der Waals surface area contributed by atoms with Crippen LogP contribution in [0.3, 0.4) is 0 Å². The fourth-order valence-electron chi connectivity index (χ4n) is 1.55. The van der Waals surface area contributed by atoms with Crippen LogP contribution in [0.1, 0.15) is 26.7 Å². The van der Waals surface area contributed by atoms with Gasteiger partial charge in [-0.1, -0.05) is 6.08 Å². The Hall–Kier alpha value is -1.36. The van der Waals surface area contributed by atoms with Crippen LogP contribution in [0, 0.1) is 0 Å². The number of nitrogens with one attached hydrogen (secondary N) is 3. The molecule has 1 amide bonds. The lowest BCUT2D eigenvalue weighted by Gasteiger charge is -2.15. The molecule has 0 bridgehead atoms. The minimum atomic E-state index is -0.0927. The minimum absolute atomic E-state index is 0.0927. The Kier molecular flexibility index (Phi) is 4.98. The van der Waals surface area contributed by atoms with Gasteiger partial charge in [-0.3, -0.25) is 15.1 Å². The molecule has 0 radical (unpaired) electrons. The van der Waals surface area contributed by atoms with Gasteiger partial charge in [-0.2, -0.15) is 0 Å². The van der Waals surface area contributed by atoms with Crippen molar-refractivity contribution in [1.82, 2.24) is 16.0 Å². The Labute approximate surface area is 96.4 Å². The summed E-state index contributed by atoms with van der Waals surface area (Å²) in [7, 11) is 1.69. The van der Waals surface area contributed by atoms with Crippen molar-refractivity contribution in [3.8, 4) is 0 Å². The van der Waals surface area contributed by atoms with E-state index >= 15 is 0 Å². The van der Waals surface area contributed by atoms with Crippen molar-refractivity contribution in [2.75, 3.05) is 13.6 Å². The zero-order chi connectivity index (χ0) is 12.0. The van der Waals surface area contributed by atoms with E-state index in [1.54, 1.807) is 13.1 Å². The first kappa shape index (κ1) is 12.7. The van der Waals surface area contributed by atoms with Gasteiger partial charge in [0.15, 0.2) is 0 Å². The molecule has 0 saturated carbocycles. The number of amides is 1. The normalized spacial score (nSPS) is 22.1. The average Bonchev–Trinajstić information content (AvgIpc) is 2.77. The van der Waals surface area contributed by atoms with Crippen LogP contribution >= 0.6 is 0 Å². The fourth-order valence-corrected chi connectivity index (χ4v) is 1.55. The van der Waals surface area contributed by atoms with E-state index in [1.165, 1.54) is 0 Å². The monoisotopic (exact) mass is 224 g/mol. The van der Waals surface area contributed by atoms with Crippen LogP contribution < -0.4 is 16.0 Å². The van der Waals surface area contributed by atoms with Crippen LogP contribution in [0.2, 0.25) is 0 Å². The van der Waals surface area contributed by atoms with Crippen LogP contribution in [0.4, 0.5) is 0 Å². The van der Waals surface area contributed by atoms with Gasteiger partial charge in [-0.05, 0) is 33.2 Å². The second kappa shape index (κ2) is 6.27. The number of rotatable bonds is 3. The highest BCUT2D eigenvalue weighted by Crippen LogP contribution is 2.02. The minimum Gasteiger partial charge on any atom is -0.340 e. The molecule has 1 unspecified atom stereocenters. The summed E-state index contributed by atoms with van der Waals surface area (Å²) in [5, 5.41) is 9.10. The SMILES string of the molecule is C/C=C(\NC(C)=NC)C(=O)NC1CCCN1. The van der Waals surface area contributed by atoms with E-state index in [1.807, 2.05) is 13.8 Å². The number of amidine groups is 1. The summed E-state index contributed by atoms with van der Waals surface area (Å²) in [6, 6.07) is 0. The molecule has 0 aromatic rings. The summed E-state index contributed by atoms with van der Waals surface area (Å²) >= 11 is 0. The number of hydrogen-bond donors (Lipinski definition) is 3. The Bertz CT molecular complexity index is 303. The lowest BCUT2D eigenvalue weighted by Crippen LogP contribution is -2.44. The summed E-state index contributed by atoms with van der Waals surface area (Å²) in [6.45, 7) is 4.62. The highest BCUT2D eigenvalue weighted by molar-refractivity contribution is 5.98. The molecule has 1 atom stereocenters. The molecule has 16 heavy (non-hydrogen) atoms. The van der Waals surface area contributed by atoms with Crippen LogP contribution in [0.5, 0.6) is 0 Å². The summed E-state index contributed by atoms with van der Waals surface area (Å²) < 4.78 is 0. The quantitative estimate of drug-likeness (QED) is 0.368. The maximum atomic E-state index is 11.8. The fraction of sp³-hybridized carbons (Fsp3) is 0.636. The first-order chi connectivity index (χ1) is 7.67. The third-order valence-corrected chi connectivity index (χ3v) is 2.55. The van der Waals surface area contributed by atoms with Crippen LogP contribution in [-0.4, -0.2) is 31.5 Å². The maximum absolute atomic E-state index is 11.8. The smallest absolute Gasteiger partial charge is 0.268 e. The lowest BCUT2D eigenvalue weighted by molar-refractivity contribution is -0.118. The molecule has 0 aromatic heterocycles. The Morgan fingerprint density at radius 2 is 2.31 bits per heavy atom. The molecule has 5 heteroatoms. The molecule has 1 fully saturated rings. The van der Waals surface area contributed by atoms with Gasteiger partial charge < -0.3 is 10.6 Å². The van der Waals surface area contributed by atoms with Gasteiger partial charge in [-0.15, -0.1) is 0 Å². The number of carbonyl (C=O) groups is 1. The number of aliphatic imine (C=N–C) groups is 1. The number of carbonyl (C=O) groups excluding carboxylic acids is 1. The third kappa shape index (κ3) is 3.66. The first-order valence-electron chi connectivity index (χ1n) is 5.58. The van der Waals surface area contributed by atoms with Crippen molar-refractivity contribution in [2.45, 2.75) is 32.9 Å². The zero-order valence-electron chi connectivity index (χ0n) is 10.1. The Morgan fingerprint density at radius 1 is 1.56 bits per heavy atom. The van der Waals surface area contributed by atoms with Crippen LogP contribution in [-0.2, 0) is 4.79 Å². The molecule has 5 nitrogen and oxygen atoms in total. The standard InChI is InChI=1S/C11H20N4O/c1-4-9(14-8(2)12-3)11(16)15-10-6-5-7-13-10/h4,10,13H,5-7H2,1-3H3,(H,12,14)(H,15,16)/b9-4-. The third-order valence-electron chi connectivity index (χ3n) is 2.55. The molecule has 0 spiro atoms. The van der Waals surface area contributed by atoms with Gasteiger partial charge in [0.05, 0.1) is 12.0 Å². The largest absolute Gasteiger partial charge is 0.340 e. The van der Waals surface area contributed by atoms with E-state index in [-0.39, 0.29) is 12.1 Å². The predicted octanol–water partition coefficient (Wildman–Crippen LogP) is 0.354. The van der Waals surface area contributed by atoms with E-state index in [0.29, 0.717) is 5.70 Å². The summed E-state index contributed by atoms with van der Waals surface area (Å²) in [4.78, 5) is 15.8. The van der Waals surface area contributed by atoms with Crippen LogP contribution in [0.15, 0.2) is 16.8 Å². The highest BCUT2D eigenvalue weighted by atomic mass is 16.2. The number of allylic oxidation sites excluding steroid dienone is 1. The van der Waals surface area contributed by atoms with Crippen molar-refractivity contribution in [3.63, 3.8) is 0 Å². The van der Waals surface area contributed by atoms with E-state index in [0.717, 1.165) is 25.2 Å². The van der Waals surface area contributed by atoms with Crippen molar-refractivity contribution in [3.05, 3.63) is 11.8 Å². The van der Waals surface area contributed by atoms with Crippen molar-refractivity contribution in [1.29, 1.82) is 0 Å². The molecule has 0 aliphatic carbocycles. The number of hydrogen-bond acceptors (Lipinski definition) is 3. The summed E-state index contributed by atoms with van der Waals surface area (Å²) in [6.07, 6.45) is 3.95. The lowest BCUT2D eigenvalue weighted by atomic mass is 10.3. The van der Waals surface area contributed by atoms with Gasteiger partial charge in [0.25, 0.3) is 5.91 Å². The highest BCUT2D eigenvalue weighted by Gasteiger charge is 2.18. The first-order valence-corrected chi connectivity index (χ1v) is 5.58. The molecule has 1 aliphatic heterocycles. The average molecular weight is 224 g/mol. The van der Waals surface area contributed by atoms with Gasteiger partial charge in [0.2, 0.25) is 0 Å². The van der Waals surface area contributed by atoms with Gasteiger partial charge >= 0.3 is 0 Å². The molecule has 90 valence electrons. The second-order valence-electron chi connectivity index (χ2n) is 3.76. The number of nitrogens with zero attached hydrogens (tertiary/aromatic N) is 1. The van der Waals surface area contributed by atoms with Gasteiger partial charge in [0, 0.05) is 7.05 Å². The summed E-state index contributed by atoms with van der Waals surface area (Å²) in [5.74, 6) is 0.632. The molecule has 1 saturated heterocycles. The zero-order valence-corrected chi connectivity index (χ0v) is 10.1. The predicted molar refractivity (Wildman–Crippen MR) is 65.1 cm³/mol. The molecule has 1 rings (SSSR count). The van der Waals surface area contributed by atoms with Crippen molar-refractivity contribution in [2.24, 2.45) is 4.99 Å². The van der Waals surface area contributed by atoms with Gasteiger partial charge in [0.1, 0.15) is 5.70 Å². The molecular formula is C11H20N4O. The van der Waals surface area contributed by atoms with E-state index in [4.69, 9.17) is 0 Å². The second-order valence-corrected chi connectivity index (χ2v) is 3.76.